The molecule has 1 aromatic heterocycles. The molecule has 0 saturated carbocycles. The SMILES string of the molecule is CCN(C)CC(CNc1ncc(C)[nH]1)OC. The van der Waals surface area contributed by atoms with Gasteiger partial charge in [0.1, 0.15) is 0 Å². The van der Waals surface area contributed by atoms with Gasteiger partial charge in [0.15, 0.2) is 5.95 Å². The summed E-state index contributed by atoms with van der Waals surface area (Å²) in [6.45, 7) is 6.82. The first-order valence-electron chi connectivity index (χ1n) is 5.62. The fourth-order valence-electron chi connectivity index (χ4n) is 1.41. The third-order valence-corrected chi connectivity index (χ3v) is 2.59. The number of methoxy groups -OCH3 is 1. The summed E-state index contributed by atoms with van der Waals surface area (Å²) in [7, 11) is 3.83. The summed E-state index contributed by atoms with van der Waals surface area (Å²) in [6.07, 6.45) is 1.98. The van der Waals surface area contributed by atoms with Crippen LogP contribution in [0.25, 0.3) is 0 Å². The normalized spacial score (nSPS) is 13.1. The molecule has 0 aromatic carbocycles. The number of hydrogen-bond acceptors (Lipinski definition) is 4. The van der Waals surface area contributed by atoms with Crippen molar-refractivity contribution in [2.24, 2.45) is 0 Å². The van der Waals surface area contributed by atoms with Gasteiger partial charge in [-0.3, -0.25) is 0 Å². The minimum absolute atomic E-state index is 0.176. The van der Waals surface area contributed by atoms with Gasteiger partial charge in [0, 0.05) is 32.1 Å². The van der Waals surface area contributed by atoms with Crippen LogP contribution in [0.5, 0.6) is 0 Å². The van der Waals surface area contributed by atoms with Crippen molar-refractivity contribution in [3.05, 3.63) is 11.9 Å². The number of aromatic amines is 1. The molecule has 1 atom stereocenters. The van der Waals surface area contributed by atoms with Crippen LogP contribution in [-0.4, -0.2) is 54.8 Å². The monoisotopic (exact) mass is 226 g/mol. The molecule has 0 radical (unpaired) electrons. The number of nitrogens with one attached hydrogen (secondary N) is 2. The standard InChI is InChI=1S/C11H22N4O/c1-5-15(3)8-10(16-4)7-13-11-12-6-9(2)14-11/h6,10H,5,7-8H2,1-4H3,(H2,12,13,14). The molecule has 0 aliphatic carbocycles. The van der Waals surface area contributed by atoms with Crippen LogP contribution in [0.15, 0.2) is 6.20 Å². The van der Waals surface area contributed by atoms with Gasteiger partial charge in [-0.2, -0.15) is 0 Å². The van der Waals surface area contributed by atoms with E-state index in [2.05, 4.69) is 34.2 Å². The Morgan fingerprint density at radius 2 is 2.38 bits per heavy atom. The predicted octanol–water partition coefficient (Wildman–Crippen LogP) is 1.10. The largest absolute Gasteiger partial charge is 0.378 e. The molecule has 0 aliphatic heterocycles. The molecule has 16 heavy (non-hydrogen) atoms. The minimum Gasteiger partial charge on any atom is -0.378 e. The zero-order valence-corrected chi connectivity index (χ0v) is 10.6. The molecule has 1 rings (SSSR count). The van der Waals surface area contributed by atoms with Gasteiger partial charge >= 0.3 is 0 Å². The highest BCUT2D eigenvalue weighted by Gasteiger charge is 2.10. The van der Waals surface area contributed by atoms with Gasteiger partial charge in [-0.25, -0.2) is 4.98 Å². The van der Waals surface area contributed by atoms with Gasteiger partial charge in [0.2, 0.25) is 0 Å². The topological polar surface area (TPSA) is 53.2 Å². The number of rotatable bonds is 7. The van der Waals surface area contributed by atoms with E-state index in [1.165, 1.54) is 0 Å². The molecule has 92 valence electrons. The second-order valence-corrected chi connectivity index (χ2v) is 4.01. The molecule has 0 amide bonds. The van der Waals surface area contributed by atoms with E-state index in [-0.39, 0.29) is 6.10 Å². The number of aryl methyl sites for hydroxylation is 1. The Morgan fingerprint density at radius 3 is 2.88 bits per heavy atom. The summed E-state index contributed by atoms with van der Waals surface area (Å²) in [5.74, 6) is 0.804. The van der Waals surface area contributed by atoms with Gasteiger partial charge in [-0.1, -0.05) is 6.92 Å². The van der Waals surface area contributed by atoms with Crippen LogP contribution >= 0.6 is 0 Å². The van der Waals surface area contributed by atoms with Gasteiger partial charge < -0.3 is 19.9 Å². The van der Waals surface area contributed by atoms with E-state index in [1.54, 1.807) is 7.11 Å². The van der Waals surface area contributed by atoms with Crippen molar-refractivity contribution in [2.75, 3.05) is 39.1 Å². The van der Waals surface area contributed by atoms with Crippen LogP contribution in [0.3, 0.4) is 0 Å². The van der Waals surface area contributed by atoms with E-state index >= 15 is 0 Å². The maximum atomic E-state index is 5.41. The molecular weight excluding hydrogens is 204 g/mol. The van der Waals surface area contributed by atoms with Crippen molar-refractivity contribution in [3.8, 4) is 0 Å². The van der Waals surface area contributed by atoms with Crippen molar-refractivity contribution in [3.63, 3.8) is 0 Å². The average Bonchev–Trinajstić information content (AvgIpc) is 2.69. The van der Waals surface area contributed by atoms with Crippen molar-refractivity contribution in [2.45, 2.75) is 20.0 Å². The molecule has 2 N–H and O–H groups in total. The van der Waals surface area contributed by atoms with Gasteiger partial charge in [0.05, 0.1) is 6.10 Å². The van der Waals surface area contributed by atoms with E-state index < -0.39 is 0 Å². The predicted molar refractivity (Wildman–Crippen MR) is 65.8 cm³/mol. The van der Waals surface area contributed by atoms with Crippen molar-refractivity contribution >= 4 is 5.95 Å². The van der Waals surface area contributed by atoms with E-state index in [1.807, 2.05) is 13.1 Å². The minimum atomic E-state index is 0.176. The highest BCUT2D eigenvalue weighted by atomic mass is 16.5. The number of aromatic nitrogens is 2. The lowest BCUT2D eigenvalue weighted by atomic mass is 10.3. The molecular formula is C11H22N4O. The van der Waals surface area contributed by atoms with Gasteiger partial charge in [0.25, 0.3) is 0 Å². The molecule has 1 heterocycles. The summed E-state index contributed by atoms with van der Waals surface area (Å²) in [6, 6.07) is 0. The Balaban J connectivity index is 2.33. The van der Waals surface area contributed by atoms with E-state index in [0.717, 1.165) is 31.3 Å². The summed E-state index contributed by atoms with van der Waals surface area (Å²) < 4.78 is 5.41. The Bertz CT molecular complexity index is 300. The Kier molecular flexibility index (Phi) is 5.28. The van der Waals surface area contributed by atoms with Crippen LogP contribution in [-0.2, 0) is 4.74 Å². The third-order valence-electron chi connectivity index (χ3n) is 2.59. The van der Waals surface area contributed by atoms with Crippen LogP contribution in [0.1, 0.15) is 12.6 Å². The fraction of sp³-hybridized carbons (Fsp3) is 0.727. The highest BCUT2D eigenvalue weighted by Crippen LogP contribution is 2.02. The number of H-pyrrole nitrogens is 1. The molecule has 1 unspecified atom stereocenters. The van der Waals surface area contributed by atoms with Crippen LogP contribution in [0, 0.1) is 6.92 Å². The van der Waals surface area contributed by atoms with E-state index in [4.69, 9.17) is 4.74 Å². The zero-order valence-electron chi connectivity index (χ0n) is 10.6. The van der Waals surface area contributed by atoms with Crippen LogP contribution < -0.4 is 5.32 Å². The number of nitrogens with zero attached hydrogens (tertiary/aromatic N) is 2. The molecule has 0 fully saturated rings. The number of likely N-dealkylation sites (N-methyl/N-ethyl adjacent to an activating group) is 1. The first-order chi connectivity index (χ1) is 7.65. The number of hydrogen-bond donors (Lipinski definition) is 2. The maximum Gasteiger partial charge on any atom is 0.200 e. The molecule has 0 aliphatic rings. The summed E-state index contributed by atoms with van der Waals surface area (Å²) in [5, 5.41) is 3.23. The number of imidazole rings is 1. The van der Waals surface area contributed by atoms with E-state index in [0.29, 0.717) is 0 Å². The molecule has 5 heteroatoms. The Morgan fingerprint density at radius 1 is 1.62 bits per heavy atom. The lowest BCUT2D eigenvalue weighted by Gasteiger charge is -2.21. The highest BCUT2D eigenvalue weighted by molar-refractivity contribution is 5.25. The van der Waals surface area contributed by atoms with E-state index in [9.17, 15) is 0 Å². The first kappa shape index (κ1) is 13.0. The third kappa shape index (κ3) is 4.20. The Labute approximate surface area is 97.2 Å². The van der Waals surface area contributed by atoms with Gasteiger partial charge in [-0.15, -0.1) is 0 Å². The summed E-state index contributed by atoms with van der Waals surface area (Å²) in [4.78, 5) is 9.54. The smallest absolute Gasteiger partial charge is 0.200 e. The lowest BCUT2D eigenvalue weighted by molar-refractivity contribution is 0.0826. The van der Waals surface area contributed by atoms with Crippen LogP contribution in [0.2, 0.25) is 0 Å². The first-order valence-corrected chi connectivity index (χ1v) is 5.62. The molecule has 5 nitrogen and oxygen atoms in total. The molecule has 0 spiro atoms. The summed E-state index contributed by atoms with van der Waals surface area (Å²) >= 11 is 0. The van der Waals surface area contributed by atoms with Crippen molar-refractivity contribution in [1.29, 1.82) is 0 Å². The Hall–Kier alpha value is -1.07. The second kappa shape index (κ2) is 6.50. The van der Waals surface area contributed by atoms with Crippen molar-refractivity contribution in [1.82, 2.24) is 14.9 Å². The van der Waals surface area contributed by atoms with Gasteiger partial charge in [-0.05, 0) is 20.5 Å². The lowest BCUT2D eigenvalue weighted by Crippen LogP contribution is -2.35. The molecule has 0 bridgehead atoms. The zero-order chi connectivity index (χ0) is 12.0. The molecule has 1 aromatic rings. The fourth-order valence-corrected chi connectivity index (χ4v) is 1.41. The summed E-state index contributed by atoms with van der Waals surface area (Å²) in [5.41, 5.74) is 1.06. The maximum absolute atomic E-state index is 5.41. The number of ether oxygens (including phenoxy) is 1. The van der Waals surface area contributed by atoms with Crippen molar-refractivity contribution < 1.29 is 4.74 Å². The number of anilines is 1. The van der Waals surface area contributed by atoms with Crippen LogP contribution in [0.4, 0.5) is 5.95 Å². The quantitative estimate of drug-likeness (QED) is 0.731. The average molecular weight is 226 g/mol. The molecule has 0 saturated heterocycles. The second-order valence-electron chi connectivity index (χ2n) is 4.01.